The van der Waals surface area contributed by atoms with E-state index >= 15 is 0 Å². The smallest absolute Gasteiger partial charge is 0.0331 e. The van der Waals surface area contributed by atoms with Crippen molar-refractivity contribution in [2.75, 3.05) is 6.54 Å². The van der Waals surface area contributed by atoms with Gasteiger partial charge in [0.05, 0.1) is 0 Å². The Balaban J connectivity index is 1.71. The zero-order valence-corrected chi connectivity index (χ0v) is 12.0. The zero-order chi connectivity index (χ0) is 12.1. The van der Waals surface area contributed by atoms with Gasteiger partial charge in [-0.25, -0.2) is 0 Å². The molecule has 0 saturated carbocycles. The highest BCUT2D eigenvalue weighted by atomic mass is 32.1. The van der Waals surface area contributed by atoms with E-state index in [2.05, 4.69) is 30.6 Å². The molecule has 1 N–H and O–H groups in total. The fourth-order valence-electron chi connectivity index (χ4n) is 2.65. The Kier molecular flexibility index (Phi) is 5.05. The highest BCUT2D eigenvalue weighted by Crippen LogP contribution is 2.33. The monoisotopic (exact) mass is 251 g/mol. The van der Waals surface area contributed by atoms with E-state index in [0.717, 1.165) is 5.92 Å². The maximum atomic E-state index is 3.74. The van der Waals surface area contributed by atoms with Gasteiger partial charge in [-0.05, 0) is 55.2 Å². The van der Waals surface area contributed by atoms with Crippen molar-refractivity contribution in [2.24, 2.45) is 5.92 Å². The summed E-state index contributed by atoms with van der Waals surface area (Å²) in [6, 6.07) is 2.97. The molecule has 1 heterocycles. The Morgan fingerprint density at radius 3 is 3.12 bits per heavy atom. The minimum absolute atomic E-state index is 0.643. The number of thiophene rings is 1. The van der Waals surface area contributed by atoms with Crippen molar-refractivity contribution < 1.29 is 0 Å². The van der Waals surface area contributed by atoms with Crippen LogP contribution in [0.4, 0.5) is 0 Å². The van der Waals surface area contributed by atoms with Gasteiger partial charge in [0.15, 0.2) is 0 Å². The zero-order valence-electron chi connectivity index (χ0n) is 11.2. The standard InChI is InChI=1S/C15H25NS/c1-12(2)6-3-4-10-16-14-7-5-8-15-13(14)9-11-17-15/h9,11-12,14,16H,3-8,10H2,1-2H3. The molecule has 1 aliphatic carbocycles. The Morgan fingerprint density at radius 2 is 2.29 bits per heavy atom. The molecule has 2 rings (SSSR count). The molecule has 1 aromatic heterocycles. The van der Waals surface area contributed by atoms with Gasteiger partial charge in [-0.3, -0.25) is 0 Å². The van der Waals surface area contributed by atoms with Crippen molar-refractivity contribution in [1.29, 1.82) is 0 Å². The van der Waals surface area contributed by atoms with E-state index in [1.54, 1.807) is 10.4 Å². The second-order valence-corrected chi connectivity index (χ2v) is 6.59. The highest BCUT2D eigenvalue weighted by Gasteiger charge is 2.19. The van der Waals surface area contributed by atoms with Crippen molar-refractivity contribution in [1.82, 2.24) is 5.32 Å². The molecule has 96 valence electrons. The third-order valence-electron chi connectivity index (χ3n) is 3.65. The molecule has 1 aliphatic rings. The lowest BCUT2D eigenvalue weighted by atomic mass is 9.94. The molecule has 1 aromatic rings. The van der Waals surface area contributed by atoms with Crippen LogP contribution in [0, 0.1) is 5.92 Å². The molecule has 1 atom stereocenters. The summed E-state index contributed by atoms with van der Waals surface area (Å²) in [5, 5.41) is 6.00. The molecule has 17 heavy (non-hydrogen) atoms. The fourth-order valence-corrected chi connectivity index (χ4v) is 3.64. The van der Waals surface area contributed by atoms with Crippen LogP contribution in [0.3, 0.4) is 0 Å². The van der Waals surface area contributed by atoms with Crippen molar-refractivity contribution in [3.63, 3.8) is 0 Å². The van der Waals surface area contributed by atoms with Gasteiger partial charge in [-0.15, -0.1) is 11.3 Å². The molecule has 1 nitrogen and oxygen atoms in total. The van der Waals surface area contributed by atoms with Crippen LogP contribution in [0.1, 0.15) is 62.4 Å². The molecular formula is C15H25NS. The second kappa shape index (κ2) is 6.55. The van der Waals surface area contributed by atoms with Crippen LogP contribution in [0.25, 0.3) is 0 Å². The Labute approximate surface area is 110 Å². The van der Waals surface area contributed by atoms with Crippen molar-refractivity contribution in [2.45, 2.75) is 58.4 Å². The first-order chi connectivity index (χ1) is 8.27. The van der Waals surface area contributed by atoms with Gasteiger partial charge < -0.3 is 5.32 Å². The van der Waals surface area contributed by atoms with E-state index in [1.165, 1.54) is 45.1 Å². The summed E-state index contributed by atoms with van der Waals surface area (Å²) in [4.78, 5) is 1.62. The number of aryl methyl sites for hydroxylation is 1. The lowest BCUT2D eigenvalue weighted by Crippen LogP contribution is -2.25. The Morgan fingerprint density at radius 1 is 1.41 bits per heavy atom. The average Bonchev–Trinajstić information content (AvgIpc) is 2.77. The first-order valence-corrected chi connectivity index (χ1v) is 7.95. The molecule has 2 heteroatoms. The van der Waals surface area contributed by atoms with E-state index in [-0.39, 0.29) is 0 Å². The molecule has 0 spiro atoms. The number of nitrogens with one attached hydrogen (secondary N) is 1. The Bertz CT molecular complexity index is 329. The van der Waals surface area contributed by atoms with E-state index in [0.29, 0.717) is 6.04 Å². The first-order valence-electron chi connectivity index (χ1n) is 7.07. The number of hydrogen-bond acceptors (Lipinski definition) is 2. The van der Waals surface area contributed by atoms with Gasteiger partial charge >= 0.3 is 0 Å². The largest absolute Gasteiger partial charge is 0.310 e. The summed E-state index contributed by atoms with van der Waals surface area (Å²) < 4.78 is 0. The van der Waals surface area contributed by atoms with Crippen LogP contribution in [-0.4, -0.2) is 6.54 Å². The summed E-state index contributed by atoms with van der Waals surface area (Å²) in [6.07, 6.45) is 8.06. The predicted octanol–water partition coefficient (Wildman–Crippen LogP) is 4.54. The number of unbranched alkanes of at least 4 members (excludes halogenated alkanes) is 1. The highest BCUT2D eigenvalue weighted by molar-refractivity contribution is 7.10. The summed E-state index contributed by atoms with van der Waals surface area (Å²) >= 11 is 1.94. The van der Waals surface area contributed by atoms with Crippen molar-refractivity contribution in [3.05, 3.63) is 21.9 Å². The van der Waals surface area contributed by atoms with Gasteiger partial charge in [0.2, 0.25) is 0 Å². The predicted molar refractivity (Wildman–Crippen MR) is 76.7 cm³/mol. The van der Waals surface area contributed by atoms with Crippen LogP contribution in [0.2, 0.25) is 0 Å². The minimum Gasteiger partial charge on any atom is -0.310 e. The van der Waals surface area contributed by atoms with E-state index in [1.807, 2.05) is 11.3 Å². The van der Waals surface area contributed by atoms with Crippen LogP contribution < -0.4 is 5.32 Å². The fraction of sp³-hybridized carbons (Fsp3) is 0.733. The van der Waals surface area contributed by atoms with Crippen molar-refractivity contribution in [3.8, 4) is 0 Å². The lowest BCUT2D eigenvalue weighted by Gasteiger charge is -2.23. The molecule has 0 amide bonds. The summed E-state index contributed by atoms with van der Waals surface area (Å²) in [5.74, 6) is 0.855. The maximum Gasteiger partial charge on any atom is 0.0331 e. The minimum atomic E-state index is 0.643. The van der Waals surface area contributed by atoms with Crippen LogP contribution in [-0.2, 0) is 6.42 Å². The van der Waals surface area contributed by atoms with E-state index in [9.17, 15) is 0 Å². The third-order valence-corrected chi connectivity index (χ3v) is 4.65. The summed E-state index contributed by atoms with van der Waals surface area (Å²) in [7, 11) is 0. The SMILES string of the molecule is CC(C)CCCCNC1CCCc2sccc21. The average molecular weight is 251 g/mol. The molecule has 0 radical (unpaired) electrons. The van der Waals surface area contributed by atoms with E-state index in [4.69, 9.17) is 0 Å². The lowest BCUT2D eigenvalue weighted by molar-refractivity contribution is 0.444. The van der Waals surface area contributed by atoms with Crippen LogP contribution in [0.5, 0.6) is 0 Å². The second-order valence-electron chi connectivity index (χ2n) is 5.59. The van der Waals surface area contributed by atoms with Gasteiger partial charge in [-0.2, -0.15) is 0 Å². The molecule has 0 aliphatic heterocycles. The molecule has 1 unspecified atom stereocenters. The molecule has 0 aromatic carbocycles. The number of rotatable bonds is 6. The summed E-state index contributed by atoms with van der Waals surface area (Å²) in [6.45, 7) is 5.81. The van der Waals surface area contributed by atoms with Gasteiger partial charge in [0.1, 0.15) is 0 Å². The normalized spacial score (nSPS) is 19.6. The molecule has 0 fully saturated rings. The summed E-state index contributed by atoms with van der Waals surface area (Å²) in [5.41, 5.74) is 1.59. The third kappa shape index (κ3) is 3.82. The van der Waals surface area contributed by atoms with Crippen LogP contribution in [0.15, 0.2) is 11.4 Å². The quantitative estimate of drug-likeness (QED) is 0.732. The van der Waals surface area contributed by atoms with Gasteiger partial charge in [0.25, 0.3) is 0 Å². The molecule has 0 saturated heterocycles. The van der Waals surface area contributed by atoms with Gasteiger partial charge in [-0.1, -0.05) is 26.7 Å². The van der Waals surface area contributed by atoms with E-state index < -0.39 is 0 Å². The van der Waals surface area contributed by atoms with Gasteiger partial charge in [0, 0.05) is 10.9 Å². The number of hydrogen-bond donors (Lipinski definition) is 1. The Hall–Kier alpha value is -0.340. The first kappa shape index (κ1) is 13.1. The molecular weight excluding hydrogens is 226 g/mol. The molecule has 0 bridgehead atoms. The maximum absolute atomic E-state index is 3.74. The van der Waals surface area contributed by atoms with Crippen LogP contribution >= 0.6 is 11.3 Å². The van der Waals surface area contributed by atoms with Crippen molar-refractivity contribution >= 4 is 11.3 Å². The topological polar surface area (TPSA) is 12.0 Å². The number of fused-ring (bicyclic) bond motifs is 1.